The summed E-state index contributed by atoms with van der Waals surface area (Å²) in [5, 5.41) is 3.15. The molecule has 5 nitrogen and oxygen atoms in total. The highest BCUT2D eigenvalue weighted by atomic mass is 16.2. The van der Waals surface area contributed by atoms with Crippen molar-refractivity contribution in [1.82, 2.24) is 5.32 Å². The predicted octanol–water partition coefficient (Wildman–Crippen LogP) is -1.66. The average Bonchev–Trinajstić information content (AvgIpc) is 1.87. The van der Waals surface area contributed by atoms with Gasteiger partial charge in [-0.3, -0.25) is 9.59 Å². The van der Waals surface area contributed by atoms with Gasteiger partial charge in [0.1, 0.15) is 0 Å². The van der Waals surface area contributed by atoms with E-state index >= 15 is 0 Å². The van der Waals surface area contributed by atoms with E-state index in [1.165, 1.54) is 13.8 Å². The summed E-state index contributed by atoms with van der Waals surface area (Å²) < 4.78 is 0. The molecule has 1 radical (unpaired) electrons. The molecule has 0 aromatic carbocycles. The molecule has 4 N–H and O–H groups in total. The molecule has 0 saturated carbocycles. The highest BCUT2D eigenvalue weighted by molar-refractivity contribution is 5.98. The third-order valence-corrected chi connectivity index (χ3v) is 0.999. The molecule has 5 heteroatoms. The number of amides is 2. The van der Waals surface area contributed by atoms with Crippen molar-refractivity contribution < 1.29 is 9.59 Å². The SMILES string of the molecule is CC(N)C(=O)[N]C(=O)C(C)N. The lowest BCUT2D eigenvalue weighted by Gasteiger charge is -2.04. The van der Waals surface area contributed by atoms with Crippen LogP contribution in [0.5, 0.6) is 0 Å². The molecule has 2 unspecified atom stereocenters. The van der Waals surface area contributed by atoms with E-state index in [0.29, 0.717) is 0 Å². The van der Waals surface area contributed by atoms with Gasteiger partial charge in [-0.15, -0.1) is 0 Å². The minimum Gasteiger partial charge on any atom is -0.320 e. The summed E-state index contributed by atoms with van der Waals surface area (Å²) in [6.45, 7) is 2.92. The third-order valence-electron chi connectivity index (χ3n) is 0.999. The molecule has 2 amide bonds. The van der Waals surface area contributed by atoms with Gasteiger partial charge in [0, 0.05) is 0 Å². The second-order valence-corrected chi connectivity index (χ2v) is 2.37. The highest BCUT2D eigenvalue weighted by Gasteiger charge is 2.16. The molecular formula is C6H12N3O2. The zero-order valence-electron chi connectivity index (χ0n) is 6.57. The monoisotopic (exact) mass is 158 g/mol. The molecule has 0 aliphatic rings. The van der Waals surface area contributed by atoms with Crippen LogP contribution in [0.25, 0.3) is 0 Å². The Labute approximate surface area is 65.1 Å². The van der Waals surface area contributed by atoms with Crippen molar-refractivity contribution in [2.75, 3.05) is 0 Å². The summed E-state index contributed by atoms with van der Waals surface area (Å²) in [6, 6.07) is -1.48. The van der Waals surface area contributed by atoms with E-state index in [9.17, 15) is 9.59 Å². The van der Waals surface area contributed by atoms with Crippen LogP contribution in [-0.4, -0.2) is 23.9 Å². The van der Waals surface area contributed by atoms with Crippen LogP contribution in [0, 0.1) is 0 Å². The van der Waals surface area contributed by atoms with Gasteiger partial charge in [0.25, 0.3) is 11.8 Å². The van der Waals surface area contributed by atoms with Crippen LogP contribution >= 0.6 is 0 Å². The Morgan fingerprint density at radius 2 is 1.36 bits per heavy atom. The smallest absolute Gasteiger partial charge is 0.265 e. The second kappa shape index (κ2) is 4.05. The van der Waals surface area contributed by atoms with Crippen molar-refractivity contribution in [2.45, 2.75) is 25.9 Å². The number of hydrogen-bond donors (Lipinski definition) is 2. The third kappa shape index (κ3) is 3.69. The van der Waals surface area contributed by atoms with Gasteiger partial charge in [0.05, 0.1) is 12.1 Å². The lowest BCUT2D eigenvalue weighted by atomic mass is 10.3. The first-order chi connectivity index (χ1) is 4.95. The first-order valence-electron chi connectivity index (χ1n) is 3.25. The molecule has 0 aromatic heterocycles. The minimum atomic E-state index is -0.738. The van der Waals surface area contributed by atoms with E-state index in [2.05, 4.69) is 5.32 Å². The minimum absolute atomic E-state index is 0.632. The number of nitrogens with two attached hydrogens (primary N) is 2. The molecular weight excluding hydrogens is 146 g/mol. The Balaban J connectivity index is 3.86. The molecule has 0 spiro atoms. The van der Waals surface area contributed by atoms with Crippen LogP contribution in [0.4, 0.5) is 0 Å². The molecule has 0 saturated heterocycles. The van der Waals surface area contributed by atoms with Gasteiger partial charge in [0.15, 0.2) is 0 Å². The highest BCUT2D eigenvalue weighted by Crippen LogP contribution is 1.81. The van der Waals surface area contributed by atoms with Crippen LogP contribution in [0.15, 0.2) is 0 Å². The molecule has 0 aliphatic carbocycles. The fraction of sp³-hybridized carbons (Fsp3) is 0.667. The van der Waals surface area contributed by atoms with Crippen LogP contribution in [0.2, 0.25) is 0 Å². The second-order valence-electron chi connectivity index (χ2n) is 2.37. The number of carbonyl (C=O) groups excluding carboxylic acids is 2. The van der Waals surface area contributed by atoms with Crippen molar-refractivity contribution in [3.63, 3.8) is 0 Å². The first-order valence-corrected chi connectivity index (χ1v) is 3.25. The Hall–Kier alpha value is -0.940. The fourth-order valence-corrected chi connectivity index (χ4v) is 0.312. The largest absolute Gasteiger partial charge is 0.320 e. The predicted molar refractivity (Wildman–Crippen MR) is 39.4 cm³/mol. The zero-order valence-corrected chi connectivity index (χ0v) is 6.57. The zero-order chi connectivity index (χ0) is 9.02. The maximum Gasteiger partial charge on any atom is 0.265 e. The van der Waals surface area contributed by atoms with Crippen LogP contribution in [-0.2, 0) is 9.59 Å². The van der Waals surface area contributed by atoms with Gasteiger partial charge in [-0.1, -0.05) is 0 Å². The van der Waals surface area contributed by atoms with Gasteiger partial charge >= 0.3 is 0 Å². The lowest BCUT2D eigenvalue weighted by molar-refractivity contribution is -0.131. The Morgan fingerprint density at radius 1 is 1.09 bits per heavy atom. The average molecular weight is 158 g/mol. The Kier molecular flexibility index (Phi) is 3.70. The summed E-state index contributed by atoms with van der Waals surface area (Å²) in [5.41, 5.74) is 10.3. The molecule has 0 bridgehead atoms. The molecule has 0 heterocycles. The molecule has 0 fully saturated rings. The van der Waals surface area contributed by atoms with Gasteiger partial charge in [-0.2, -0.15) is 5.32 Å². The summed E-state index contributed by atoms with van der Waals surface area (Å²) >= 11 is 0. The Bertz CT molecular complexity index is 147. The van der Waals surface area contributed by atoms with Crippen molar-refractivity contribution in [3.05, 3.63) is 0 Å². The van der Waals surface area contributed by atoms with E-state index in [1.807, 2.05) is 0 Å². The number of rotatable bonds is 2. The molecule has 0 aliphatic heterocycles. The fourth-order valence-electron chi connectivity index (χ4n) is 0.312. The van der Waals surface area contributed by atoms with Crippen molar-refractivity contribution >= 4 is 11.8 Å². The normalized spacial score (nSPS) is 15.3. The first kappa shape index (κ1) is 10.1. The maximum atomic E-state index is 10.7. The van der Waals surface area contributed by atoms with Crippen molar-refractivity contribution in [2.24, 2.45) is 11.5 Å². The topological polar surface area (TPSA) is 100 Å². The Morgan fingerprint density at radius 3 is 1.55 bits per heavy atom. The number of nitrogens with zero attached hydrogens (tertiary/aromatic N) is 1. The van der Waals surface area contributed by atoms with E-state index in [1.54, 1.807) is 0 Å². The van der Waals surface area contributed by atoms with Gasteiger partial charge in [-0.25, -0.2) is 0 Å². The van der Waals surface area contributed by atoms with Crippen molar-refractivity contribution in [3.8, 4) is 0 Å². The van der Waals surface area contributed by atoms with Crippen LogP contribution in [0.3, 0.4) is 0 Å². The van der Waals surface area contributed by atoms with Crippen molar-refractivity contribution in [1.29, 1.82) is 0 Å². The number of carbonyl (C=O) groups is 2. The molecule has 0 aromatic rings. The van der Waals surface area contributed by atoms with E-state index in [4.69, 9.17) is 11.5 Å². The molecule has 11 heavy (non-hydrogen) atoms. The molecule has 0 rings (SSSR count). The molecule has 2 atom stereocenters. The standard InChI is InChI=1S/C6H12N3O2/c1-3(7)5(10)9-6(11)4(2)8/h3-4H,7-8H2,1-2H3. The number of imide groups is 1. The van der Waals surface area contributed by atoms with Gasteiger partial charge in [-0.05, 0) is 13.8 Å². The van der Waals surface area contributed by atoms with E-state index in [-0.39, 0.29) is 0 Å². The summed E-state index contributed by atoms with van der Waals surface area (Å²) in [7, 11) is 0. The molecule has 63 valence electrons. The summed E-state index contributed by atoms with van der Waals surface area (Å²) in [4.78, 5) is 21.4. The van der Waals surface area contributed by atoms with E-state index < -0.39 is 23.9 Å². The quantitative estimate of drug-likeness (QED) is 0.502. The van der Waals surface area contributed by atoms with Gasteiger partial charge < -0.3 is 11.5 Å². The van der Waals surface area contributed by atoms with Crippen LogP contribution in [0.1, 0.15) is 13.8 Å². The summed E-state index contributed by atoms with van der Waals surface area (Å²) in [5.74, 6) is -1.26. The lowest BCUT2D eigenvalue weighted by Crippen LogP contribution is -2.42. The van der Waals surface area contributed by atoms with Gasteiger partial charge in [0.2, 0.25) is 0 Å². The maximum absolute atomic E-state index is 10.7. The number of hydrogen-bond acceptors (Lipinski definition) is 4. The van der Waals surface area contributed by atoms with Crippen LogP contribution < -0.4 is 16.8 Å². The summed E-state index contributed by atoms with van der Waals surface area (Å²) in [6.07, 6.45) is 0. The van der Waals surface area contributed by atoms with E-state index in [0.717, 1.165) is 0 Å².